The van der Waals surface area contributed by atoms with Crippen LogP contribution in [0.1, 0.15) is 18.0 Å². The molecule has 0 spiro atoms. The van der Waals surface area contributed by atoms with Crippen molar-refractivity contribution in [1.82, 2.24) is 10.2 Å². The van der Waals surface area contributed by atoms with E-state index in [0.717, 1.165) is 31.7 Å². The second-order valence-electron chi connectivity index (χ2n) is 4.37. The average Bonchev–Trinajstić information content (AvgIpc) is 2.36. The summed E-state index contributed by atoms with van der Waals surface area (Å²) in [6.07, 6.45) is 0.455. The molecule has 0 aliphatic carbocycles. The lowest BCUT2D eigenvalue weighted by Gasteiger charge is -2.34. The Morgan fingerprint density at radius 1 is 1.22 bits per heavy atom. The Morgan fingerprint density at radius 3 is 2.39 bits per heavy atom. The van der Waals surface area contributed by atoms with Gasteiger partial charge >= 0.3 is 0 Å². The van der Waals surface area contributed by atoms with E-state index in [0.29, 0.717) is 16.5 Å². The molecule has 0 amide bonds. The Labute approximate surface area is 117 Å². The Kier molecular flexibility index (Phi) is 4.85. The number of hydrogen-bond donors (Lipinski definition) is 1. The summed E-state index contributed by atoms with van der Waals surface area (Å²) in [5.74, 6) is 0. The van der Waals surface area contributed by atoms with E-state index in [1.807, 2.05) is 12.1 Å². The van der Waals surface area contributed by atoms with E-state index in [1.165, 1.54) is 0 Å². The molecule has 0 saturated carbocycles. The lowest BCUT2D eigenvalue weighted by molar-refractivity contribution is 0.175. The summed E-state index contributed by atoms with van der Waals surface area (Å²) in [6, 6.07) is 7.85. The van der Waals surface area contributed by atoms with Crippen molar-refractivity contribution in [3.05, 3.63) is 33.8 Å². The molecule has 1 aromatic carbocycles. The van der Waals surface area contributed by atoms with Crippen LogP contribution in [-0.4, -0.2) is 31.1 Å². The highest BCUT2D eigenvalue weighted by Crippen LogP contribution is 2.29. The molecule has 1 heterocycles. The minimum atomic E-state index is 0.0771. The van der Waals surface area contributed by atoms with Gasteiger partial charge in [0.25, 0.3) is 0 Å². The van der Waals surface area contributed by atoms with Gasteiger partial charge < -0.3 is 5.32 Å². The lowest BCUT2D eigenvalue weighted by Crippen LogP contribution is -2.45. The van der Waals surface area contributed by atoms with Crippen molar-refractivity contribution >= 4 is 23.2 Å². The fourth-order valence-corrected chi connectivity index (χ4v) is 2.85. The fraction of sp³-hybridized carbons (Fsp3) is 0.462. The van der Waals surface area contributed by atoms with Crippen LogP contribution in [0.5, 0.6) is 0 Å². The van der Waals surface area contributed by atoms with Gasteiger partial charge in [-0.15, -0.1) is 0 Å². The maximum atomic E-state index is 9.01. The highest BCUT2D eigenvalue weighted by Gasteiger charge is 2.22. The molecule has 18 heavy (non-hydrogen) atoms. The Morgan fingerprint density at radius 2 is 1.83 bits per heavy atom. The molecule has 0 unspecified atom stereocenters. The van der Waals surface area contributed by atoms with Gasteiger partial charge in [0.1, 0.15) is 0 Å². The quantitative estimate of drug-likeness (QED) is 0.927. The largest absolute Gasteiger partial charge is 0.314 e. The number of halogens is 2. The second kappa shape index (κ2) is 6.40. The minimum absolute atomic E-state index is 0.0771. The topological polar surface area (TPSA) is 39.1 Å². The summed E-state index contributed by atoms with van der Waals surface area (Å²) in [6.45, 7) is 3.79. The predicted octanol–water partition coefficient (Wildman–Crippen LogP) is 2.85. The summed E-state index contributed by atoms with van der Waals surface area (Å²) in [5, 5.41) is 13.6. The monoisotopic (exact) mass is 283 g/mol. The normalized spacial score (nSPS) is 18.3. The van der Waals surface area contributed by atoms with Gasteiger partial charge in [0.15, 0.2) is 0 Å². The first-order valence-electron chi connectivity index (χ1n) is 5.98. The van der Waals surface area contributed by atoms with E-state index in [9.17, 15) is 0 Å². The zero-order valence-corrected chi connectivity index (χ0v) is 11.5. The van der Waals surface area contributed by atoms with E-state index < -0.39 is 0 Å². The second-order valence-corrected chi connectivity index (χ2v) is 5.24. The van der Waals surface area contributed by atoms with Crippen molar-refractivity contribution in [2.75, 3.05) is 26.2 Å². The average molecular weight is 284 g/mol. The molecule has 0 bridgehead atoms. The van der Waals surface area contributed by atoms with Gasteiger partial charge in [-0.1, -0.05) is 23.2 Å². The standard InChI is InChI=1S/C13H15Cl2N3/c14-11-7-10(8-12(15)9-11)13(1-2-16)18-5-3-17-4-6-18/h7-9,13,17H,1,3-6H2/t13-/m1/s1. The maximum Gasteiger partial charge on any atom is 0.0641 e. The molecule has 1 N–H and O–H groups in total. The molecule has 96 valence electrons. The van der Waals surface area contributed by atoms with Crippen LogP contribution in [0.3, 0.4) is 0 Å². The molecule has 2 rings (SSSR count). The number of hydrogen-bond acceptors (Lipinski definition) is 3. The van der Waals surface area contributed by atoms with Gasteiger partial charge in [0.05, 0.1) is 12.5 Å². The molecule has 3 nitrogen and oxygen atoms in total. The van der Waals surface area contributed by atoms with Crippen LogP contribution in [0, 0.1) is 11.3 Å². The summed E-state index contributed by atoms with van der Waals surface area (Å²) in [5.41, 5.74) is 1.02. The van der Waals surface area contributed by atoms with Crippen molar-refractivity contribution in [2.45, 2.75) is 12.5 Å². The van der Waals surface area contributed by atoms with Crippen molar-refractivity contribution in [3.8, 4) is 6.07 Å². The van der Waals surface area contributed by atoms with E-state index >= 15 is 0 Å². The highest BCUT2D eigenvalue weighted by molar-refractivity contribution is 6.34. The summed E-state index contributed by atoms with van der Waals surface area (Å²) in [4.78, 5) is 2.31. The van der Waals surface area contributed by atoms with Crippen LogP contribution in [0.15, 0.2) is 18.2 Å². The van der Waals surface area contributed by atoms with Gasteiger partial charge in [-0.2, -0.15) is 5.26 Å². The third-order valence-corrected chi connectivity index (χ3v) is 3.58. The molecule has 1 atom stereocenters. The summed E-state index contributed by atoms with van der Waals surface area (Å²) in [7, 11) is 0. The zero-order valence-electron chi connectivity index (χ0n) is 10.00. The van der Waals surface area contributed by atoms with Crippen LogP contribution in [0.2, 0.25) is 10.0 Å². The molecule has 0 radical (unpaired) electrons. The van der Waals surface area contributed by atoms with Crippen LogP contribution in [0.4, 0.5) is 0 Å². The van der Waals surface area contributed by atoms with Crippen molar-refractivity contribution < 1.29 is 0 Å². The van der Waals surface area contributed by atoms with Gasteiger partial charge in [-0.25, -0.2) is 0 Å². The predicted molar refractivity (Wildman–Crippen MR) is 73.9 cm³/mol. The number of nitrogens with zero attached hydrogens (tertiary/aromatic N) is 2. The van der Waals surface area contributed by atoms with Crippen LogP contribution in [-0.2, 0) is 0 Å². The molecule has 1 aromatic rings. The molecule has 5 heteroatoms. The fourth-order valence-electron chi connectivity index (χ4n) is 2.31. The van der Waals surface area contributed by atoms with Gasteiger partial charge in [0, 0.05) is 42.3 Å². The van der Waals surface area contributed by atoms with Crippen LogP contribution < -0.4 is 5.32 Å². The van der Waals surface area contributed by atoms with Gasteiger partial charge in [0.2, 0.25) is 0 Å². The Balaban J connectivity index is 2.25. The zero-order chi connectivity index (χ0) is 13.0. The first-order valence-corrected chi connectivity index (χ1v) is 6.74. The van der Waals surface area contributed by atoms with E-state index in [2.05, 4.69) is 16.3 Å². The lowest BCUT2D eigenvalue weighted by atomic mass is 10.0. The first-order chi connectivity index (χ1) is 8.70. The minimum Gasteiger partial charge on any atom is -0.314 e. The van der Waals surface area contributed by atoms with Crippen LogP contribution >= 0.6 is 23.2 Å². The van der Waals surface area contributed by atoms with Crippen molar-refractivity contribution in [1.29, 1.82) is 5.26 Å². The smallest absolute Gasteiger partial charge is 0.0641 e. The van der Waals surface area contributed by atoms with Gasteiger partial charge in [-0.05, 0) is 23.8 Å². The van der Waals surface area contributed by atoms with Crippen molar-refractivity contribution in [2.24, 2.45) is 0 Å². The Hall–Kier alpha value is -0.790. The summed E-state index contributed by atoms with van der Waals surface area (Å²) < 4.78 is 0. The molecular weight excluding hydrogens is 269 g/mol. The Bertz CT molecular complexity index is 430. The summed E-state index contributed by atoms with van der Waals surface area (Å²) >= 11 is 12.1. The first kappa shape index (κ1) is 13.6. The maximum absolute atomic E-state index is 9.01. The van der Waals surface area contributed by atoms with Crippen LogP contribution in [0.25, 0.3) is 0 Å². The van der Waals surface area contributed by atoms with E-state index in [-0.39, 0.29) is 6.04 Å². The highest BCUT2D eigenvalue weighted by atomic mass is 35.5. The number of piperazine rings is 1. The molecular formula is C13H15Cl2N3. The molecule has 0 aromatic heterocycles. The number of nitrogens with one attached hydrogen (secondary N) is 1. The SMILES string of the molecule is N#CC[C@H](c1cc(Cl)cc(Cl)c1)N1CCNCC1. The molecule has 1 saturated heterocycles. The number of rotatable bonds is 3. The van der Waals surface area contributed by atoms with E-state index in [4.69, 9.17) is 28.5 Å². The molecule has 1 aliphatic rings. The number of nitriles is 1. The third kappa shape index (κ3) is 3.37. The number of benzene rings is 1. The third-order valence-electron chi connectivity index (χ3n) is 3.15. The van der Waals surface area contributed by atoms with Crippen molar-refractivity contribution in [3.63, 3.8) is 0 Å². The molecule has 1 fully saturated rings. The molecule has 1 aliphatic heterocycles. The van der Waals surface area contributed by atoms with Gasteiger partial charge in [-0.3, -0.25) is 4.90 Å². The van der Waals surface area contributed by atoms with E-state index in [1.54, 1.807) is 6.07 Å².